The van der Waals surface area contributed by atoms with Crippen molar-refractivity contribution < 1.29 is 24.2 Å². The molecule has 0 aliphatic carbocycles. The lowest BCUT2D eigenvalue weighted by molar-refractivity contribution is -0.186. The number of esters is 2. The van der Waals surface area contributed by atoms with E-state index in [2.05, 4.69) is 0 Å². The van der Waals surface area contributed by atoms with E-state index in [1.165, 1.54) is 0 Å². The summed E-state index contributed by atoms with van der Waals surface area (Å²) in [7, 11) is 0. The molecule has 8 heteroatoms. The fourth-order valence-corrected chi connectivity index (χ4v) is 4.48. The van der Waals surface area contributed by atoms with Crippen LogP contribution in [-0.4, -0.2) is 32.7 Å². The Morgan fingerprint density at radius 1 is 1.32 bits per heavy atom. The Balaban J connectivity index is 1.76. The first-order chi connectivity index (χ1) is 14.8. The molecule has 0 spiro atoms. The number of aliphatic hydroxyl groups is 1. The van der Waals surface area contributed by atoms with Crippen molar-refractivity contribution in [3.8, 4) is 11.4 Å². The van der Waals surface area contributed by atoms with Crippen molar-refractivity contribution in [2.45, 2.75) is 45.1 Å². The summed E-state index contributed by atoms with van der Waals surface area (Å²) in [5.74, 6) is -1.61. The minimum Gasteiger partial charge on any atom is -0.458 e. The van der Waals surface area contributed by atoms with Crippen LogP contribution in [0.5, 0.6) is 0 Å². The van der Waals surface area contributed by atoms with E-state index in [0.717, 1.165) is 23.4 Å². The molecule has 31 heavy (non-hydrogen) atoms. The molecule has 0 amide bonds. The van der Waals surface area contributed by atoms with E-state index in [9.17, 15) is 19.5 Å². The Labute approximate surface area is 177 Å². The van der Waals surface area contributed by atoms with Gasteiger partial charge in [-0.25, -0.2) is 9.78 Å². The zero-order valence-corrected chi connectivity index (χ0v) is 17.0. The number of nitrogens with zero attached hydrogens (tertiary/aromatic N) is 2. The highest BCUT2D eigenvalue weighted by Crippen LogP contribution is 2.40. The minimum absolute atomic E-state index is 0.0357. The van der Waals surface area contributed by atoms with Crippen LogP contribution in [0.2, 0.25) is 0 Å². The van der Waals surface area contributed by atoms with Gasteiger partial charge in [0.15, 0.2) is 0 Å². The Morgan fingerprint density at radius 3 is 2.84 bits per heavy atom. The van der Waals surface area contributed by atoms with Gasteiger partial charge >= 0.3 is 11.9 Å². The van der Waals surface area contributed by atoms with Crippen molar-refractivity contribution in [2.24, 2.45) is 0 Å². The Hall–Kier alpha value is -3.52. The van der Waals surface area contributed by atoms with Gasteiger partial charge in [-0.1, -0.05) is 25.1 Å². The molecule has 0 saturated heterocycles. The first-order valence-electron chi connectivity index (χ1n) is 10.1. The third-order valence-electron chi connectivity index (χ3n) is 6.07. The van der Waals surface area contributed by atoms with Gasteiger partial charge in [0.25, 0.3) is 5.56 Å². The van der Waals surface area contributed by atoms with E-state index in [1.807, 2.05) is 30.3 Å². The number of para-hydroxylation sites is 1. The van der Waals surface area contributed by atoms with Crippen LogP contribution in [0.3, 0.4) is 0 Å². The number of aromatic nitrogens is 2. The molecule has 1 N–H and O–H groups in total. The molecule has 158 valence electrons. The number of carbonyl (C=O) groups is 2. The van der Waals surface area contributed by atoms with E-state index in [-0.39, 0.29) is 29.7 Å². The predicted octanol–water partition coefficient (Wildman–Crippen LogP) is 2.01. The zero-order valence-electron chi connectivity index (χ0n) is 17.0. The maximum absolute atomic E-state index is 13.4. The third kappa shape index (κ3) is 2.79. The monoisotopic (exact) mass is 420 g/mol. The van der Waals surface area contributed by atoms with Gasteiger partial charge in [0.1, 0.15) is 12.2 Å². The van der Waals surface area contributed by atoms with Crippen LogP contribution < -0.4 is 5.56 Å². The standard InChI is InChI=1S/C23H20N2O6/c1-3-23(29)16-9-18-19-14(8-13-6-4-5-7-17(13)24-19)10-25(18)21(27)15(16)11-30-22(28)20(23)31-12(2)26/h4-9,20,29H,3,10-11H2,1-2H3/t20-,23-/m0/s1. The van der Waals surface area contributed by atoms with Crippen LogP contribution in [0, 0.1) is 0 Å². The van der Waals surface area contributed by atoms with Gasteiger partial charge in [-0.3, -0.25) is 9.59 Å². The zero-order chi connectivity index (χ0) is 21.9. The molecular weight excluding hydrogens is 400 g/mol. The number of benzene rings is 1. The summed E-state index contributed by atoms with van der Waals surface area (Å²) in [4.78, 5) is 42.3. The molecule has 2 aliphatic rings. The molecule has 0 saturated carbocycles. The number of hydrogen-bond donors (Lipinski definition) is 1. The molecule has 2 atom stereocenters. The number of hydrogen-bond acceptors (Lipinski definition) is 7. The average molecular weight is 420 g/mol. The summed E-state index contributed by atoms with van der Waals surface area (Å²) >= 11 is 0. The largest absolute Gasteiger partial charge is 0.458 e. The number of cyclic esters (lactones) is 1. The van der Waals surface area contributed by atoms with Crippen molar-refractivity contribution in [3.05, 3.63) is 63.4 Å². The van der Waals surface area contributed by atoms with Gasteiger partial charge in [0.2, 0.25) is 6.10 Å². The van der Waals surface area contributed by atoms with Crippen molar-refractivity contribution in [1.82, 2.24) is 9.55 Å². The second-order valence-electron chi connectivity index (χ2n) is 7.88. The lowest BCUT2D eigenvalue weighted by Crippen LogP contribution is -2.47. The van der Waals surface area contributed by atoms with Gasteiger partial charge in [-0.15, -0.1) is 0 Å². The molecule has 4 heterocycles. The predicted molar refractivity (Wildman–Crippen MR) is 110 cm³/mol. The molecule has 0 bridgehead atoms. The van der Waals surface area contributed by atoms with E-state index in [1.54, 1.807) is 17.6 Å². The first kappa shape index (κ1) is 19.4. The summed E-state index contributed by atoms with van der Waals surface area (Å²) in [5, 5.41) is 12.5. The minimum atomic E-state index is -1.90. The van der Waals surface area contributed by atoms with Crippen LogP contribution in [-0.2, 0) is 37.8 Å². The Morgan fingerprint density at radius 2 is 2.10 bits per heavy atom. The molecule has 1 aromatic carbocycles. The highest BCUT2D eigenvalue weighted by molar-refractivity contribution is 5.84. The number of rotatable bonds is 2. The van der Waals surface area contributed by atoms with Crippen molar-refractivity contribution in [3.63, 3.8) is 0 Å². The maximum atomic E-state index is 13.4. The number of carbonyl (C=O) groups excluding carboxylic acids is 2. The van der Waals surface area contributed by atoms with Crippen molar-refractivity contribution in [2.75, 3.05) is 0 Å². The maximum Gasteiger partial charge on any atom is 0.351 e. The van der Waals surface area contributed by atoms with E-state index >= 15 is 0 Å². The van der Waals surface area contributed by atoms with Gasteiger partial charge in [0.05, 0.1) is 29.0 Å². The summed E-state index contributed by atoms with van der Waals surface area (Å²) in [6.45, 7) is 2.83. The summed E-state index contributed by atoms with van der Waals surface area (Å²) in [6.07, 6.45) is -1.53. The second kappa shape index (κ2) is 6.75. The quantitative estimate of drug-likeness (QED) is 0.494. The number of fused-ring (bicyclic) bond motifs is 5. The second-order valence-corrected chi connectivity index (χ2v) is 7.88. The van der Waals surface area contributed by atoms with Crippen LogP contribution >= 0.6 is 0 Å². The smallest absolute Gasteiger partial charge is 0.351 e. The van der Waals surface area contributed by atoms with Crippen LogP contribution in [0.15, 0.2) is 41.2 Å². The average Bonchev–Trinajstić information content (AvgIpc) is 3.07. The Bertz CT molecular complexity index is 1330. The van der Waals surface area contributed by atoms with Gasteiger partial charge in [-0.05, 0) is 24.6 Å². The van der Waals surface area contributed by atoms with Crippen LogP contribution in [0.25, 0.3) is 22.3 Å². The third-order valence-corrected chi connectivity index (χ3v) is 6.07. The van der Waals surface area contributed by atoms with Crippen LogP contribution in [0.4, 0.5) is 0 Å². The van der Waals surface area contributed by atoms with Gasteiger partial charge in [-0.2, -0.15) is 0 Å². The highest BCUT2D eigenvalue weighted by Gasteiger charge is 2.50. The van der Waals surface area contributed by atoms with Crippen molar-refractivity contribution >= 4 is 22.8 Å². The van der Waals surface area contributed by atoms with E-state index in [0.29, 0.717) is 17.9 Å². The molecule has 0 unspecified atom stereocenters. The molecular formula is C23H20N2O6. The lowest BCUT2D eigenvalue weighted by Gasteiger charge is -2.32. The fourth-order valence-electron chi connectivity index (χ4n) is 4.48. The van der Waals surface area contributed by atoms with Gasteiger partial charge < -0.3 is 19.1 Å². The molecule has 5 rings (SSSR count). The summed E-state index contributed by atoms with van der Waals surface area (Å²) < 4.78 is 11.9. The van der Waals surface area contributed by atoms with E-state index in [4.69, 9.17) is 14.5 Å². The molecule has 3 aromatic rings. The number of ether oxygens (including phenoxy) is 2. The molecule has 0 fully saturated rings. The topological polar surface area (TPSA) is 108 Å². The van der Waals surface area contributed by atoms with Crippen LogP contribution in [0.1, 0.15) is 37.0 Å². The first-order valence-corrected chi connectivity index (χ1v) is 10.1. The van der Waals surface area contributed by atoms with E-state index < -0.39 is 23.6 Å². The Kier molecular flexibility index (Phi) is 4.23. The molecule has 2 aromatic heterocycles. The highest BCUT2D eigenvalue weighted by atomic mass is 16.6. The molecule has 8 nitrogen and oxygen atoms in total. The number of pyridine rings is 2. The molecule has 0 radical (unpaired) electrons. The lowest BCUT2D eigenvalue weighted by atomic mass is 9.83. The molecule has 2 aliphatic heterocycles. The fraction of sp³-hybridized carbons (Fsp3) is 0.304. The summed E-state index contributed by atoms with van der Waals surface area (Å²) in [6, 6.07) is 11.4. The SMILES string of the molecule is CC[C@]1(O)c2cc3n(c(=O)c2COC(=O)[C@@H]1OC(C)=O)Cc1cc2ccccc2nc1-3. The van der Waals surface area contributed by atoms with Crippen molar-refractivity contribution in [1.29, 1.82) is 0 Å². The van der Waals surface area contributed by atoms with Gasteiger partial charge in [0, 0.05) is 23.4 Å². The normalized spacial score (nSPS) is 21.6. The summed E-state index contributed by atoms with van der Waals surface area (Å²) in [5.41, 5.74) is 1.02.